The van der Waals surface area contributed by atoms with Crippen LogP contribution < -0.4 is 5.73 Å². The number of esters is 1. The van der Waals surface area contributed by atoms with Crippen molar-refractivity contribution in [2.75, 3.05) is 12.8 Å². The lowest BCUT2D eigenvalue weighted by Gasteiger charge is -2.10. The molecule has 0 aliphatic carbocycles. The van der Waals surface area contributed by atoms with Crippen LogP contribution in [0, 0.1) is 21.8 Å². The highest BCUT2D eigenvalue weighted by Crippen LogP contribution is 2.26. The van der Waals surface area contributed by atoms with E-state index in [1.807, 2.05) is 31.2 Å². The van der Waals surface area contributed by atoms with Crippen molar-refractivity contribution in [1.82, 2.24) is 4.57 Å². The van der Waals surface area contributed by atoms with E-state index in [0.29, 0.717) is 0 Å². The van der Waals surface area contributed by atoms with Crippen molar-refractivity contribution in [3.63, 3.8) is 0 Å². The average molecular weight is 381 g/mol. The molecule has 0 spiro atoms. The van der Waals surface area contributed by atoms with Crippen LogP contribution >= 0.6 is 22.6 Å². The van der Waals surface area contributed by atoms with Gasteiger partial charge >= 0.3 is 5.97 Å². The molecule has 0 saturated carbocycles. The van der Waals surface area contributed by atoms with Crippen molar-refractivity contribution in [3.05, 3.63) is 44.8 Å². The predicted molar refractivity (Wildman–Crippen MR) is 83.7 cm³/mol. The zero-order valence-electron chi connectivity index (χ0n) is 11.0. The molecule has 2 N–H and O–H groups in total. The first-order chi connectivity index (χ1) is 9.49. The Balaban J connectivity index is 2.70. The molecule has 0 saturated heterocycles. The monoisotopic (exact) mass is 381 g/mol. The number of hydrogen-bond donors (Lipinski definition) is 1. The Kier molecular flexibility index (Phi) is 3.99. The third-order valence-corrected chi connectivity index (χ3v) is 4.17. The predicted octanol–water partition coefficient (Wildman–Crippen LogP) is 2.63. The number of aromatic nitrogens is 1. The van der Waals surface area contributed by atoms with E-state index in [-0.39, 0.29) is 16.9 Å². The molecule has 102 valence electrons. The Bertz CT molecular complexity index is 729. The first-order valence-electron chi connectivity index (χ1n) is 5.75. The van der Waals surface area contributed by atoms with Gasteiger partial charge in [-0.25, -0.2) is 4.79 Å². The van der Waals surface area contributed by atoms with Crippen LogP contribution in [-0.2, 0) is 4.74 Å². The Hall–Kier alpha value is -2.01. The maximum Gasteiger partial charge on any atom is 0.357 e. The standard InChI is InChI=1S/C14H12IN3O2/c1-8-5-10(3-4-11(8)15)18-7-9(6-16)12(17)13(18)14(19)20-2/h3-5,7H,17H2,1-2H3. The first kappa shape index (κ1) is 14.4. The van der Waals surface area contributed by atoms with E-state index in [0.717, 1.165) is 14.8 Å². The van der Waals surface area contributed by atoms with E-state index in [9.17, 15) is 4.79 Å². The summed E-state index contributed by atoms with van der Waals surface area (Å²) in [6.45, 7) is 1.97. The smallest absolute Gasteiger partial charge is 0.357 e. The second-order valence-electron chi connectivity index (χ2n) is 4.21. The number of hydrogen-bond acceptors (Lipinski definition) is 4. The Morgan fingerprint density at radius 1 is 1.50 bits per heavy atom. The molecular formula is C14H12IN3O2. The molecule has 0 bridgehead atoms. The van der Waals surface area contributed by atoms with E-state index < -0.39 is 5.97 Å². The highest BCUT2D eigenvalue weighted by atomic mass is 127. The highest BCUT2D eigenvalue weighted by molar-refractivity contribution is 14.1. The van der Waals surface area contributed by atoms with Crippen LogP contribution in [0.15, 0.2) is 24.4 Å². The van der Waals surface area contributed by atoms with Crippen molar-refractivity contribution in [1.29, 1.82) is 5.26 Å². The van der Waals surface area contributed by atoms with Crippen LogP contribution in [0.2, 0.25) is 0 Å². The minimum atomic E-state index is -0.569. The van der Waals surface area contributed by atoms with Gasteiger partial charge in [0.2, 0.25) is 0 Å². The van der Waals surface area contributed by atoms with E-state index in [1.165, 1.54) is 7.11 Å². The number of nitriles is 1. The number of nitrogens with zero attached hydrogens (tertiary/aromatic N) is 2. The fourth-order valence-corrected chi connectivity index (χ4v) is 2.23. The van der Waals surface area contributed by atoms with Crippen molar-refractivity contribution < 1.29 is 9.53 Å². The second kappa shape index (κ2) is 5.54. The lowest BCUT2D eigenvalue weighted by molar-refractivity contribution is 0.0593. The molecule has 6 heteroatoms. The summed E-state index contributed by atoms with van der Waals surface area (Å²) in [6, 6.07) is 7.70. The van der Waals surface area contributed by atoms with Crippen molar-refractivity contribution in [2.24, 2.45) is 0 Å². The van der Waals surface area contributed by atoms with Gasteiger partial charge in [-0.15, -0.1) is 0 Å². The summed E-state index contributed by atoms with van der Waals surface area (Å²) in [7, 11) is 1.28. The molecule has 0 fully saturated rings. The molecular weight excluding hydrogens is 369 g/mol. The molecule has 0 radical (unpaired) electrons. The zero-order chi connectivity index (χ0) is 14.9. The fourth-order valence-electron chi connectivity index (χ4n) is 1.90. The third-order valence-electron chi connectivity index (χ3n) is 2.96. The summed E-state index contributed by atoms with van der Waals surface area (Å²) in [6.07, 6.45) is 1.54. The highest BCUT2D eigenvalue weighted by Gasteiger charge is 2.21. The van der Waals surface area contributed by atoms with Gasteiger partial charge in [0, 0.05) is 15.5 Å². The van der Waals surface area contributed by atoms with Crippen LogP contribution in [0.4, 0.5) is 5.69 Å². The number of benzene rings is 1. The second-order valence-corrected chi connectivity index (χ2v) is 5.37. The topological polar surface area (TPSA) is 81.0 Å². The summed E-state index contributed by atoms with van der Waals surface area (Å²) in [5.74, 6) is -0.569. The number of carbonyl (C=O) groups excluding carboxylic acids is 1. The Labute approximate surface area is 130 Å². The fraction of sp³-hybridized carbons (Fsp3) is 0.143. The normalized spacial score (nSPS) is 10.1. The maximum atomic E-state index is 11.9. The third kappa shape index (κ3) is 2.36. The van der Waals surface area contributed by atoms with Gasteiger partial charge in [0.1, 0.15) is 6.07 Å². The molecule has 2 aromatic rings. The summed E-state index contributed by atoms with van der Waals surface area (Å²) < 4.78 is 7.44. The van der Waals surface area contributed by atoms with Crippen LogP contribution in [0.3, 0.4) is 0 Å². The number of halogens is 1. The van der Waals surface area contributed by atoms with Gasteiger partial charge in [-0.05, 0) is 53.3 Å². The number of aryl methyl sites for hydroxylation is 1. The zero-order valence-corrected chi connectivity index (χ0v) is 13.1. The number of carbonyl (C=O) groups is 1. The number of nitrogen functional groups attached to an aromatic ring is 1. The molecule has 5 nitrogen and oxygen atoms in total. The summed E-state index contributed by atoms with van der Waals surface area (Å²) in [5, 5.41) is 9.06. The molecule has 1 heterocycles. The molecule has 0 atom stereocenters. The van der Waals surface area contributed by atoms with Crippen molar-refractivity contribution in [3.8, 4) is 11.8 Å². The summed E-state index contributed by atoms with van der Waals surface area (Å²) >= 11 is 2.23. The molecule has 20 heavy (non-hydrogen) atoms. The van der Waals surface area contributed by atoms with E-state index in [2.05, 4.69) is 22.6 Å². The number of nitrogens with two attached hydrogens (primary N) is 1. The van der Waals surface area contributed by atoms with Gasteiger partial charge in [-0.1, -0.05) is 0 Å². The minimum absolute atomic E-state index is 0.135. The van der Waals surface area contributed by atoms with Crippen LogP contribution in [-0.4, -0.2) is 17.6 Å². The molecule has 0 amide bonds. The maximum absolute atomic E-state index is 11.9. The number of anilines is 1. The van der Waals surface area contributed by atoms with Gasteiger partial charge in [0.25, 0.3) is 0 Å². The molecule has 0 unspecified atom stereocenters. The van der Waals surface area contributed by atoms with E-state index in [1.54, 1.807) is 10.8 Å². The van der Waals surface area contributed by atoms with Gasteiger partial charge in [-0.2, -0.15) is 5.26 Å². The van der Waals surface area contributed by atoms with E-state index in [4.69, 9.17) is 15.7 Å². The summed E-state index contributed by atoms with van der Waals surface area (Å²) in [5.41, 5.74) is 8.24. The molecule has 2 rings (SSSR count). The lowest BCUT2D eigenvalue weighted by atomic mass is 10.2. The summed E-state index contributed by atoms with van der Waals surface area (Å²) in [4.78, 5) is 11.9. The lowest BCUT2D eigenvalue weighted by Crippen LogP contribution is -2.11. The molecule has 1 aromatic carbocycles. The molecule has 0 aliphatic rings. The van der Waals surface area contributed by atoms with Crippen LogP contribution in [0.5, 0.6) is 0 Å². The SMILES string of the molecule is COC(=O)c1c(N)c(C#N)cn1-c1ccc(I)c(C)c1. The van der Waals surface area contributed by atoms with Crippen LogP contribution in [0.1, 0.15) is 21.6 Å². The number of rotatable bonds is 2. The molecule has 1 aromatic heterocycles. The Morgan fingerprint density at radius 2 is 2.20 bits per heavy atom. The van der Waals surface area contributed by atoms with Gasteiger partial charge in [0.15, 0.2) is 5.69 Å². The van der Waals surface area contributed by atoms with Crippen molar-refractivity contribution in [2.45, 2.75) is 6.92 Å². The van der Waals surface area contributed by atoms with Crippen LogP contribution in [0.25, 0.3) is 5.69 Å². The molecule has 0 aliphatic heterocycles. The van der Waals surface area contributed by atoms with E-state index >= 15 is 0 Å². The quantitative estimate of drug-likeness (QED) is 0.641. The van der Waals surface area contributed by atoms with Gasteiger partial charge < -0.3 is 15.0 Å². The Morgan fingerprint density at radius 3 is 2.75 bits per heavy atom. The minimum Gasteiger partial charge on any atom is -0.464 e. The average Bonchev–Trinajstić information content (AvgIpc) is 2.78. The van der Waals surface area contributed by atoms with Gasteiger partial charge in [-0.3, -0.25) is 0 Å². The van der Waals surface area contributed by atoms with Crippen molar-refractivity contribution >= 4 is 34.2 Å². The van der Waals surface area contributed by atoms with Gasteiger partial charge in [0.05, 0.1) is 18.4 Å². The number of ether oxygens (including phenoxy) is 1. The first-order valence-corrected chi connectivity index (χ1v) is 6.83. The number of methoxy groups -OCH3 is 1. The largest absolute Gasteiger partial charge is 0.464 e.